The third-order valence-corrected chi connectivity index (χ3v) is 12.0. The molecule has 10 atom stereocenters. The van der Waals surface area contributed by atoms with Gasteiger partial charge in [0.15, 0.2) is 5.78 Å². The van der Waals surface area contributed by atoms with E-state index in [-0.39, 0.29) is 95.9 Å². The number of ether oxygens (including phenoxy) is 2. The van der Waals surface area contributed by atoms with E-state index < -0.39 is 11.5 Å². The van der Waals surface area contributed by atoms with Crippen LogP contribution in [0.4, 0.5) is 0 Å². The molecule has 4 aliphatic carbocycles. The summed E-state index contributed by atoms with van der Waals surface area (Å²) in [6.45, 7) is 14.4. The largest absolute Gasteiger partial charge is 0.542 e. The van der Waals surface area contributed by atoms with E-state index >= 15 is 0 Å². The van der Waals surface area contributed by atoms with Crippen LogP contribution >= 0.6 is 0 Å². The molecule has 4 aliphatic rings. The van der Waals surface area contributed by atoms with E-state index in [4.69, 9.17) is 14.5 Å². The second-order valence-electron chi connectivity index (χ2n) is 13.8. The number of allylic oxidation sites excluding steroid dienone is 1. The molecule has 0 heterocycles. The molecule has 42 heavy (non-hydrogen) atoms. The van der Waals surface area contributed by atoms with Gasteiger partial charge in [0.2, 0.25) is 0 Å². The number of carbonyl (C=O) groups is 3. The zero-order valence-corrected chi connectivity index (χ0v) is 30.4. The molecule has 0 aromatic heterocycles. The fourth-order valence-electron chi connectivity index (χ4n) is 10.3. The van der Waals surface area contributed by atoms with Crippen molar-refractivity contribution in [3.63, 3.8) is 0 Å². The molecular weight excluding hydrogens is 756 g/mol. The van der Waals surface area contributed by atoms with Crippen molar-refractivity contribution in [1.82, 2.24) is 0 Å². The van der Waals surface area contributed by atoms with Gasteiger partial charge in [-0.05, 0) is 98.7 Å². The molecule has 4 rings (SSSR count). The van der Waals surface area contributed by atoms with Crippen LogP contribution in [-0.4, -0.2) is 49.0 Å². The Morgan fingerprint density at radius 2 is 1.93 bits per heavy atom. The normalized spacial score (nSPS) is 39.7. The van der Waals surface area contributed by atoms with Gasteiger partial charge in [-0.25, -0.2) is 0 Å². The molecule has 0 aliphatic heterocycles. The maximum absolute atomic E-state index is 14.9. The average Bonchev–Trinajstić information content (AvgIpc) is 3.28. The zero-order valence-electron chi connectivity index (χ0n) is 26.3. The van der Waals surface area contributed by atoms with Crippen LogP contribution in [0.25, 0.3) is 0 Å². The molecule has 0 aromatic carbocycles. The van der Waals surface area contributed by atoms with Gasteiger partial charge in [-0.1, -0.05) is 33.3 Å². The summed E-state index contributed by atoms with van der Waals surface area (Å²) in [7, 11) is 0. The maximum Gasteiger partial charge on any atom is 0.311 e. The van der Waals surface area contributed by atoms with Crippen LogP contribution in [0.2, 0.25) is 0 Å². The van der Waals surface area contributed by atoms with Gasteiger partial charge in [-0.2, -0.15) is 6.42 Å². The number of esters is 2. The van der Waals surface area contributed by atoms with E-state index in [0.29, 0.717) is 18.9 Å². The Hall–Kier alpha value is -1.26. The first kappa shape index (κ1) is 35.2. The Bertz CT molecular complexity index is 1060. The van der Waals surface area contributed by atoms with Crippen molar-refractivity contribution in [3.05, 3.63) is 12.7 Å². The molecule has 232 valence electrons. The average molecular weight is 807 g/mol. The minimum absolute atomic E-state index is 0. The van der Waals surface area contributed by atoms with Crippen molar-refractivity contribution in [3.8, 4) is 0 Å². The van der Waals surface area contributed by atoms with Crippen LogP contribution < -0.4 is 0 Å². The van der Waals surface area contributed by atoms with Gasteiger partial charge in [0.1, 0.15) is 12.1 Å². The first-order valence-electron chi connectivity index (χ1n) is 15.8. The monoisotopic (exact) mass is 806 g/mol. The fraction of sp³-hybridized carbons (Fsp3) is 0.794. The number of carbonyl (C=O) groups excluding carboxylic acids is 4. The Balaban J connectivity index is 0.00000484. The Morgan fingerprint density at radius 1 is 1.19 bits per heavy atom. The quantitative estimate of drug-likeness (QED) is 0.106. The number of ketones is 1. The van der Waals surface area contributed by atoms with Gasteiger partial charge >= 0.3 is 11.9 Å². The Morgan fingerprint density at radius 3 is 2.57 bits per heavy atom. The van der Waals surface area contributed by atoms with Crippen LogP contribution in [0.3, 0.4) is 0 Å². The smallest absolute Gasteiger partial charge is 0.311 e. The van der Waals surface area contributed by atoms with Crippen LogP contribution in [0.1, 0.15) is 105 Å². The van der Waals surface area contributed by atoms with Crippen LogP contribution in [0, 0.1) is 76.9 Å². The minimum Gasteiger partial charge on any atom is -0.542 e. The molecule has 0 bridgehead atoms. The summed E-state index contributed by atoms with van der Waals surface area (Å²) in [5.41, 5.74) is -0.846. The summed E-state index contributed by atoms with van der Waals surface area (Å²) in [6.07, 6.45) is 13.9. The molecule has 8 heteroatoms. The van der Waals surface area contributed by atoms with Crippen LogP contribution in [-0.2, 0) is 28.7 Å². The van der Waals surface area contributed by atoms with Crippen LogP contribution in [0.5, 0.6) is 0 Å². The molecule has 4 saturated carbocycles. The van der Waals surface area contributed by atoms with Gasteiger partial charge in [-0.15, -0.1) is 6.58 Å². The van der Waals surface area contributed by atoms with Crippen molar-refractivity contribution >= 4 is 30.2 Å². The molecule has 0 saturated heterocycles. The van der Waals surface area contributed by atoms with Crippen molar-refractivity contribution in [2.45, 2.75) is 117 Å². The molecular formula is C34H50NO6U-. The standard InChI is InChI=1S/C34H50NO6.U/c1-7-16-34-18-14-25-27-12-11-26(22(3)10-9-20-36)33(27,6)31(39)30(35-19-15-28(38)40-8-2)29(25)32(34,5)17-13-24(21-34)41-23(4)37;/h7,19,22,24-27,29-30H,1,8-18,21H2,2-6H3;/q-1;/t22-,24-,25?,26?,27?,29?,30+,32?,33?,34?;/m1./s1. The molecule has 7 unspecified atom stereocenters. The van der Waals surface area contributed by atoms with E-state index in [0.717, 1.165) is 57.8 Å². The van der Waals surface area contributed by atoms with E-state index in [1.165, 1.54) is 6.92 Å². The second kappa shape index (κ2) is 14.2. The second-order valence-corrected chi connectivity index (χ2v) is 13.8. The number of Topliss-reactive ketones (excluding diaryl/α,β-unsaturated/α-hetero) is 1. The Labute approximate surface area is 276 Å². The maximum atomic E-state index is 14.9. The number of hydrogen-bond acceptors (Lipinski definition) is 7. The van der Waals surface area contributed by atoms with E-state index in [1.54, 1.807) is 13.1 Å². The number of nitrogens with zero attached hydrogens (tertiary/aromatic N) is 1. The van der Waals surface area contributed by atoms with Crippen molar-refractivity contribution < 1.29 is 59.8 Å². The van der Waals surface area contributed by atoms with Crippen molar-refractivity contribution in [2.24, 2.45) is 50.8 Å². The van der Waals surface area contributed by atoms with Crippen molar-refractivity contribution in [1.29, 1.82) is 0 Å². The van der Waals surface area contributed by atoms with Gasteiger partial charge in [0, 0.05) is 49.7 Å². The minimum atomic E-state index is -0.541. The fourth-order valence-corrected chi connectivity index (χ4v) is 10.3. The number of rotatable bonds is 11. The van der Waals surface area contributed by atoms with Gasteiger partial charge < -0.3 is 14.3 Å². The van der Waals surface area contributed by atoms with E-state index in [2.05, 4.69) is 27.4 Å². The first-order chi connectivity index (χ1) is 19.5. The third kappa shape index (κ3) is 6.15. The van der Waals surface area contributed by atoms with E-state index in [9.17, 15) is 19.2 Å². The number of hydrogen-bond donors (Lipinski definition) is 0. The summed E-state index contributed by atoms with van der Waals surface area (Å²) in [6, 6.07) is -0.541. The molecule has 0 radical (unpaired) electrons. The summed E-state index contributed by atoms with van der Waals surface area (Å²) < 4.78 is 10.9. The SMILES string of the molecule is C=CCC12CCC3C4CCC([C@H](C)CC[C-]=O)C4(C)C(=O)[C@@H](N=CCC(=O)OCC)C3C1(C)CC[C@@H](OC(C)=O)C2.[U]. The zero-order chi connectivity index (χ0) is 30.0. The topological polar surface area (TPSA) is 99.1 Å². The Kier molecular flexibility index (Phi) is 11.9. The number of aliphatic imine (C=N–C) groups is 1. The number of fused-ring (bicyclic) bond motifs is 5. The molecule has 0 aromatic rings. The van der Waals surface area contributed by atoms with Crippen molar-refractivity contribution in [2.75, 3.05) is 6.61 Å². The predicted octanol–water partition coefficient (Wildman–Crippen LogP) is 6.23. The molecule has 0 amide bonds. The van der Waals surface area contributed by atoms with Gasteiger partial charge in [0.05, 0.1) is 13.0 Å². The molecule has 7 nitrogen and oxygen atoms in total. The van der Waals surface area contributed by atoms with Crippen LogP contribution in [0.15, 0.2) is 17.6 Å². The summed E-state index contributed by atoms with van der Waals surface area (Å²) in [5, 5.41) is 0. The molecule has 0 spiro atoms. The summed E-state index contributed by atoms with van der Waals surface area (Å²) in [4.78, 5) is 55.0. The van der Waals surface area contributed by atoms with Gasteiger partial charge in [0.25, 0.3) is 0 Å². The molecule has 0 N–H and O–H groups in total. The predicted molar refractivity (Wildman–Crippen MR) is 158 cm³/mol. The van der Waals surface area contributed by atoms with Gasteiger partial charge in [-0.3, -0.25) is 25.7 Å². The summed E-state index contributed by atoms with van der Waals surface area (Å²) in [5.74, 6) is 0.708. The summed E-state index contributed by atoms with van der Waals surface area (Å²) >= 11 is 0. The third-order valence-electron chi connectivity index (χ3n) is 12.0. The van der Waals surface area contributed by atoms with E-state index in [1.807, 2.05) is 12.4 Å². The first-order valence-corrected chi connectivity index (χ1v) is 15.8. The molecule has 4 fully saturated rings.